The van der Waals surface area contributed by atoms with Crippen LogP contribution in [0.5, 0.6) is 0 Å². The minimum absolute atomic E-state index is 0.0320. The van der Waals surface area contributed by atoms with Crippen LogP contribution in [0.2, 0.25) is 0 Å². The van der Waals surface area contributed by atoms with Gasteiger partial charge in [-0.1, -0.05) is 0 Å². The topological polar surface area (TPSA) is 79.3 Å². The molecule has 0 unspecified atom stereocenters. The smallest absolute Gasteiger partial charge is 0.354 e. The summed E-state index contributed by atoms with van der Waals surface area (Å²) in [6, 6.07) is 3.26. The van der Waals surface area contributed by atoms with Crippen molar-refractivity contribution in [2.75, 3.05) is 12.3 Å². The van der Waals surface area contributed by atoms with Crippen LogP contribution in [-0.2, 0) is 4.79 Å². The van der Waals surface area contributed by atoms with Crippen molar-refractivity contribution in [1.29, 1.82) is 0 Å². The summed E-state index contributed by atoms with van der Waals surface area (Å²) >= 11 is 1.48. The van der Waals surface area contributed by atoms with Crippen LogP contribution >= 0.6 is 11.8 Å². The number of carbonyl (C=O) groups excluding carboxylic acids is 1. The predicted octanol–water partition coefficient (Wildman–Crippen LogP) is 1.01. The number of nitrogens with one attached hydrogen (secondary N) is 1. The number of nitrogens with zero attached hydrogens (tertiary/aromatic N) is 1. The third-order valence-corrected chi connectivity index (χ3v) is 2.69. The minimum atomic E-state index is -1.04. The van der Waals surface area contributed by atoms with E-state index < -0.39 is 5.97 Å². The summed E-state index contributed by atoms with van der Waals surface area (Å²) in [4.78, 5) is 25.8. The molecule has 0 radical (unpaired) electrons. The molecule has 2 N–H and O–H groups in total. The summed E-state index contributed by atoms with van der Waals surface area (Å²) in [6.45, 7) is 2.02. The summed E-state index contributed by atoms with van der Waals surface area (Å²) in [5.74, 6) is -0.409. The number of carboxylic acid groups (broad SMARTS) is 1. The second kappa shape index (κ2) is 6.12. The summed E-state index contributed by atoms with van der Waals surface area (Å²) in [5, 5.41) is 11.4. The van der Waals surface area contributed by atoms with Gasteiger partial charge in [0, 0.05) is 30.3 Å². The van der Waals surface area contributed by atoms with Gasteiger partial charge in [0.25, 0.3) is 0 Å². The zero-order valence-corrected chi connectivity index (χ0v) is 9.58. The Morgan fingerprint density at radius 2 is 2.31 bits per heavy atom. The van der Waals surface area contributed by atoms with Gasteiger partial charge in [-0.25, -0.2) is 9.78 Å². The number of thioether (sulfide) groups is 1. The first-order valence-corrected chi connectivity index (χ1v) is 5.64. The highest BCUT2D eigenvalue weighted by Crippen LogP contribution is 2.17. The highest BCUT2D eigenvalue weighted by molar-refractivity contribution is 7.99. The van der Waals surface area contributed by atoms with Crippen LogP contribution in [0.25, 0.3) is 0 Å². The average Bonchev–Trinajstić information content (AvgIpc) is 2.24. The maximum Gasteiger partial charge on any atom is 0.354 e. The number of rotatable bonds is 5. The molecule has 5 nitrogen and oxygen atoms in total. The lowest BCUT2D eigenvalue weighted by Crippen LogP contribution is -2.22. The molecule has 16 heavy (non-hydrogen) atoms. The number of hydrogen-bond donors (Lipinski definition) is 2. The van der Waals surface area contributed by atoms with Gasteiger partial charge in [0.1, 0.15) is 5.69 Å². The fourth-order valence-corrected chi connectivity index (χ4v) is 1.81. The van der Waals surface area contributed by atoms with Gasteiger partial charge in [0.05, 0.1) is 0 Å². The number of hydrogen-bond acceptors (Lipinski definition) is 4. The summed E-state index contributed by atoms with van der Waals surface area (Å²) in [5.41, 5.74) is 0.0320. The lowest BCUT2D eigenvalue weighted by molar-refractivity contribution is -0.118. The van der Waals surface area contributed by atoms with E-state index in [9.17, 15) is 9.59 Å². The Labute approximate surface area is 97.3 Å². The number of amides is 1. The monoisotopic (exact) mass is 240 g/mol. The Balaban J connectivity index is 2.45. The molecule has 0 aliphatic carbocycles. The van der Waals surface area contributed by atoms with E-state index in [2.05, 4.69) is 10.3 Å². The molecule has 0 atom stereocenters. The highest BCUT2D eigenvalue weighted by atomic mass is 32.2. The second-order valence-corrected chi connectivity index (χ2v) is 4.18. The van der Waals surface area contributed by atoms with E-state index >= 15 is 0 Å². The van der Waals surface area contributed by atoms with Crippen LogP contribution in [0.4, 0.5) is 0 Å². The van der Waals surface area contributed by atoms with Gasteiger partial charge < -0.3 is 10.4 Å². The Morgan fingerprint density at radius 3 is 2.94 bits per heavy atom. The third-order valence-electron chi connectivity index (χ3n) is 1.70. The quantitative estimate of drug-likeness (QED) is 0.593. The fourth-order valence-electron chi connectivity index (χ4n) is 1.01. The Morgan fingerprint density at radius 1 is 1.56 bits per heavy atom. The Hall–Kier alpha value is -1.56. The Kier molecular flexibility index (Phi) is 4.78. The van der Waals surface area contributed by atoms with Gasteiger partial charge >= 0.3 is 5.97 Å². The SMILES string of the molecule is CC(=O)NCCSc1ccnc(C(=O)O)c1. The standard InChI is InChI=1S/C10H12N2O3S/c1-7(13)11-4-5-16-8-2-3-12-9(6-8)10(14)15/h2-3,6H,4-5H2,1H3,(H,11,13)(H,14,15). The van der Waals surface area contributed by atoms with Crippen LogP contribution in [0.15, 0.2) is 23.2 Å². The van der Waals surface area contributed by atoms with E-state index in [0.717, 1.165) is 4.90 Å². The van der Waals surface area contributed by atoms with Gasteiger partial charge in [-0.15, -0.1) is 11.8 Å². The number of carboxylic acids is 1. The van der Waals surface area contributed by atoms with E-state index in [1.807, 2.05) is 0 Å². The molecule has 1 heterocycles. The van der Waals surface area contributed by atoms with Crippen LogP contribution in [0.1, 0.15) is 17.4 Å². The summed E-state index contributed by atoms with van der Waals surface area (Å²) in [6.07, 6.45) is 1.46. The number of pyridine rings is 1. The molecule has 0 aliphatic heterocycles. The van der Waals surface area contributed by atoms with Crippen molar-refractivity contribution in [1.82, 2.24) is 10.3 Å². The van der Waals surface area contributed by atoms with Crippen LogP contribution in [-0.4, -0.2) is 34.3 Å². The van der Waals surface area contributed by atoms with Gasteiger partial charge in [-0.3, -0.25) is 4.79 Å². The van der Waals surface area contributed by atoms with Crippen molar-refractivity contribution in [3.05, 3.63) is 24.0 Å². The molecule has 6 heteroatoms. The minimum Gasteiger partial charge on any atom is -0.477 e. The maximum absolute atomic E-state index is 10.6. The van der Waals surface area contributed by atoms with Crippen molar-refractivity contribution in [3.63, 3.8) is 0 Å². The fraction of sp³-hybridized carbons (Fsp3) is 0.300. The molecule has 0 aromatic carbocycles. The lowest BCUT2D eigenvalue weighted by atomic mass is 10.3. The molecular weight excluding hydrogens is 228 g/mol. The van der Waals surface area contributed by atoms with Gasteiger partial charge in [0.2, 0.25) is 5.91 Å². The predicted molar refractivity (Wildman–Crippen MR) is 60.6 cm³/mol. The molecular formula is C10H12N2O3S. The van der Waals surface area contributed by atoms with E-state index in [1.165, 1.54) is 30.9 Å². The van der Waals surface area contributed by atoms with Crippen molar-refractivity contribution in [2.24, 2.45) is 0 Å². The van der Waals surface area contributed by atoms with Crippen molar-refractivity contribution in [2.45, 2.75) is 11.8 Å². The zero-order valence-electron chi connectivity index (χ0n) is 8.77. The summed E-state index contributed by atoms with van der Waals surface area (Å²) in [7, 11) is 0. The van der Waals surface area contributed by atoms with Crippen molar-refractivity contribution < 1.29 is 14.7 Å². The lowest BCUT2D eigenvalue weighted by Gasteiger charge is -2.03. The third kappa shape index (κ3) is 4.31. The van der Waals surface area contributed by atoms with E-state index in [1.54, 1.807) is 6.07 Å². The Bertz CT molecular complexity index is 395. The van der Waals surface area contributed by atoms with Gasteiger partial charge in [0.15, 0.2) is 0 Å². The average molecular weight is 240 g/mol. The molecule has 86 valence electrons. The molecule has 0 bridgehead atoms. The van der Waals surface area contributed by atoms with Crippen LogP contribution in [0.3, 0.4) is 0 Å². The number of aromatic nitrogens is 1. The molecule has 1 rings (SSSR count). The molecule has 0 aliphatic rings. The molecule has 1 aromatic heterocycles. The second-order valence-electron chi connectivity index (χ2n) is 3.01. The van der Waals surface area contributed by atoms with E-state index in [4.69, 9.17) is 5.11 Å². The first kappa shape index (κ1) is 12.5. The molecule has 1 aromatic rings. The summed E-state index contributed by atoms with van der Waals surface area (Å²) < 4.78 is 0. The van der Waals surface area contributed by atoms with Gasteiger partial charge in [-0.2, -0.15) is 0 Å². The highest BCUT2D eigenvalue weighted by Gasteiger charge is 2.04. The molecule has 0 saturated carbocycles. The van der Waals surface area contributed by atoms with Crippen molar-refractivity contribution >= 4 is 23.6 Å². The number of carbonyl (C=O) groups is 2. The van der Waals surface area contributed by atoms with Gasteiger partial charge in [-0.05, 0) is 12.1 Å². The largest absolute Gasteiger partial charge is 0.477 e. The van der Waals surface area contributed by atoms with E-state index in [0.29, 0.717) is 12.3 Å². The van der Waals surface area contributed by atoms with E-state index in [-0.39, 0.29) is 11.6 Å². The normalized spacial score (nSPS) is 9.81. The molecule has 0 spiro atoms. The first-order valence-electron chi connectivity index (χ1n) is 4.66. The zero-order chi connectivity index (χ0) is 12.0. The number of aromatic carboxylic acids is 1. The first-order chi connectivity index (χ1) is 7.59. The van der Waals surface area contributed by atoms with Crippen LogP contribution in [0, 0.1) is 0 Å². The molecule has 1 amide bonds. The van der Waals surface area contributed by atoms with Crippen molar-refractivity contribution in [3.8, 4) is 0 Å². The maximum atomic E-state index is 10.6. The molecule has 0 saturated heterocycles. The molecule has 0 fully saturated rings. The van der Waals surface area contributed by atoms with Crippen LogP contribution < -0.4 is 5.32 Å².